The van der Waals surface area contributed by atoms with Gasteiger partial charge in [-0.3, -0.25) is 4.98 Å². The van der Waals surface area contributed by atoms with E-state index < -0.39 is 0 Å². The monoisotopic (exact) mass is 257 g/mol. The highest BCUT2D eigenvalue weighted by Gasteiger charge is 2.15. The average Bonchev–Trinajstić information content (AvgIpc) is 2.39. The van der Waals surface area contributed by atoms with Gasteiger partial charge in [0.2, 0.25) is 0 Å². The Kier molecular flexibility index (Phi) is 6.55. The molecule has 1 rings (SSSR count). The van der Waals surface area contributed by atoms with Crippen LogP contribution in [0, 0.1) is 5.92 Å². The topological polar surface area (TPSA) is 12.9 Å². The van der Waals surface area contributed by atoms with Gasteiger partial charge >= 0.3 is 0 Å². The molecule has 1 nitrogen and oxygen atoms in total. The lowest BCUT2D eigenvalue weighted by atomic mass is 9.86. The molecule has 1 heteroatoms. The second kappa shape index (κ2) is 7.93. The molecule has 0 aliphatic rings. The Morgan fingerprint density at radius 2 is 2.05 bits per heavy atom. The molecule has 1 heterocycles. The molecule has 0 N–H and O–H groups in total. The Labute approximate surface area is 118 Å². The van der Waals surface area contributed by atoms with Gasteiger partial charge in [0, 0.05) is 11.8 Å². The van der Waals surface area contributed by atoms with Gasteiger partial charge in [-0.15, -0.1) is 0 Å². The van der Waals surface area contributed by atoms with Crippen LogP contribution in [0.15, 0.2) is 24.9 Å². The Hall–Kier alpha value is -1.37. The van der Waals surface area contributed by atoms with Gasteiger partial charge in [-0.2, -0.15) is 0 Å². The number of aromatic nitrogens is 1. The Bertz CT molecular complexity index is 429. The summed E-state index contributed by atoms with van der Waals surface area (Å²) in [5, 5.41) is 0. The Morgan fingerprint density at radius 1 is 1.32 bits per heavy atom. The quantitative estimate of drug-likeness (QED) is 0.611. The van der Waals surface area contributed by atoms with Crippen LogP contribution in [-0.4, -0.2) is 4.98 Å². The van der Waals surface area contributed by atoms with Crippen LogP contribution in [0.1, 0.15) is 69.7 Å². The van der Waals surface area contributed by atoms with Crippen molar-refractivity contribution < 1.29 is 0 Å². The smallest absolute Gasteiger partial charge is 0.0701 e. The summed E-state index contributed by atoms with van der Waals surface area (Å²) < 4.78 is 0. The van der Waals surface area contributed by atoms with Crippen molar-refractivity contribution in [3.63, 3.8) is 0 Å². The lowest BCUT2D eigenvalue weighted by Crippen LogP contribution is -2.04. The molecule has 0 aliphatic heterocycles. The Morgan fingerprint density at radius 3 is 2.58 bits per heavy atom. The van der Waals surface area contributed by atoms with E-state index in [0.717, 1.165) is 11.6 Å². The van der Waals surface area contributed by atoms with Crippen molar-refractivity contribution in [2.24, 2.45) is 5.92 Å². The van der Waals surface area contributed by atoms with E-state index in [1.807, 2.05) is 25.3 Å². The second-order valence-corrected chi connectivity index (χ2v) is 5.48. The molecule has 104 valence electrons. The molecule has 0 saturated carbocycles. The SMILES string of the molecule is C=Cc1c(C(CC)CCC(C)C)ccnc1/C=C\C. The molecule has 0 amide bonds. The third-order valence-corrected chi connectivity index (χ3v) is 3.61. The summed E-state index contributed by atoms with van der Waals surface area (Å²) in [5.74, 6) is 1.38. The summed E-state index contributed by atoms with van der Waals surface area (Å²) in [4.78, 5) is 4.45. The van der Waals surface area contributed by atoms with Crippen LogP contribution in [0.5, 0.6) is 0 Å². The van der Waals surface area contributed by atoms with E-state index in [1.54, 1.807) is 0 Å². The van der Waals surface area contributed by atoms with Crippen molar-refractivity contribution in [2.75, 3.05) is 0 Å². The summed E-state index contributed by atoms with van der Waals surface area (Å²) >= 11 is 0. The number of allylic oxidation sites excluding steroid dienone is 1. The molecule has 1 aromatic heterocycles. The van der Waals surface area contributed by atoms with Crippen molar-refractivity contribution in [2.45, 2.75) is 52.9 Å². The van der Waals surface area contributed by atoms with Crippen molar-refractivity contribution in [3.05, 3.63) is 41.7 Å². The van der Waals surface area contributed by atoms with Crippen molar-refractivity contribution in [1.82, 2.24) is 4.98 Å². The number of hydrogen-bond acceptors (Lipinski definition) is 1. The van der Waals surface area contributed by atoms with E-state index in [1.165, 1.54) is 30.4 Å². The van der Waals surface area contributed by atoms with Gasteiger partial charge < -0.3 is 0 Å². The molecule has 19 heavy (non-hydrogen) atoms. The van der Waals surface area contributed by atoms with Gasteiger partial charge in [-0.1, -0.05) is 45.9 Å². The van der Waals surface area contributed by atoms with Crippen LogP contribution in [0.2, 0.25) is 0 Å². The average molecular weight is 257 g/mol. The van der Waals surface area contributed by atoms with Crippen LogP contribution in [-0.2, 0) is 0 Å². The van der Waals surface area contributed by atoms with Gasteiger partial charge in [0.05, 0.1) is 5.69 Å². The van der Waals surface area contributed by atoms with E-state index in [-0.39, 0.29) is 0 Å². The molecule has 0 bridgehead atoms. The molecule has 0 saturated heterocycles. The fourth-order valence-corrected chi connectivity index (χ4v) is 2.49. The molecule has 0 fully saturated rings. The molecule has 1 unspecified atom stereocenters. The fourth-order valence-electron chi connectivity index (χ4n) is 2.49. The minimum atomic E-state index is 0.613. The summed E-state index contributed by atoms with van der Waals surface area (Å²) in [6, 6.07) is 2.17. The molecular weight excluding hydrogens is 230 g/mol. The third kappa shape index (κ3) is 4.34. The van der Waals surface area contributed by atoms with E-state index in [4.69, 9.17) is 0 Å². The van der Waals surface area contributed by atoms with Crippen LogP contribution in [0.4, 0.5) is 0 Å². The van der Waals surface area contributed by atoms with Crippen molar-refractivity contribution >= 4 is 12.2 Å². The maximum atomic E-state index is 4.45. The van der Waals surface area contributed by atoms with Crippen LogP contribution < -0.4 is 0 Å². The molecule has 0 aromatic carbocycles. The molecule has 1 aromatic rings. The fraction of sp³-hybridized carbons (Fsp3) is 0.500. The summed E-state index contributed by atoms with van der Waals surface area (Å²) in [6.07, 6.45) is 11.7. The molecule has 1 atom stereocenters. The van der Waals surface area contributed by atoms with E-state index in [2.05, 4.69) is 44.5 Å². The zero-order chi connectivity index (χ0) is 14.3. The van der Waals surface area contributed by atoms with Gasteiger partial charge in [0.1, 0.15) is 0 Å². The first-order valence-corrected chi connectivity index (χ1v) is 7.38. The first-order chi connectivity index (χ1) is 9.13. The maximum absolute atomic E-state index is 4.45. The lowest BCUT2D eigenvalue weighted by molar-refractivity contribution is 0.491. The van der Waals surface area contributed by atoms with Gasteiger partial charge in [0.25, 0.3) is 0 Å². The maximum Gasteiger partial charge on any atom is 0.0701 e. The van der Waals surface area contributed by atoms with Gasteiger partial charge in [-0.25, -0.2) is 0 Å². The summed E-state index contributed by atoms with van der Waals surface area (Å²) in [6.45, 7) is 12.9. The largest absolute Gasteiger partial charge is 0.256 e. The van der Waals surface area contributed by atoms with E-state index in [0.29, 0.717) is 5.92 Å². The molecular formula is C18H27N. The Balaban J connectivity index is 3.08. The van der Waals surface area contributed by atoms with Gasteiger partial charge in [0.15, 0.2) is 0 Å². The second-order valence-electron chi connectivity index (χ2n) is 5.48. The highest BCUT2D eigenvalue weighted by Crippen LogP contribution is 2.31. The van der Waals surface area contributed by atoms with Crippen molar-refractivity contribution in [1.29, 1.82) is 0 Å². The highest BCUT2D eigenvalue weighted by molar-refractivity contribution is 5.64. The van der Waals surface area contributed by atoms with Crippen LogP contribution in [0.3, 0.4) is 0 Å². The minimum Gasteiger partial charge on any atom is -0.256 e. The zero-order valence-corrected chi connectivity index (χ0v) is 12.8. The number of rotatable bonds is 7. The van der Waals surface area contributed by atoms with E-state index >= 15 is 0 Å². The highest BCUT2D eigenvalue weighted by atomic mass is 14.7. The first-order valence-electron chi connectivity index (χ1n) is 7.38. The molecule has 0 spiro atoms. The third-order valence-electron chi connectivity index (χ3n) is 3.61. The molecule has 0 aliphatic carbocycles. The van der Waals surface area contributed by atoms with Crippen LogP contribution >= 0.6 is 0 Å². The predicted molar refractivity (Wildman–Crippen MR) is 86.1 cm³/mol. The number of nitrogens with zero attached hydrogens (tertiary/aromatic N) is 1. The summed E-state index contributed by atoms with van der Waals surface area (Å²) in [5.41, 5.74) is 3.65. The van der Waals surface area contributed by atoms with E-state index in [9.17, 15) is 0 Å². The normalized spacial score (nSPS) is 13.1. The first kappa shape index (κ1) is 15.7. The zero-order valence-electron chi connectivity index (χ0n) is 12.8. The number of hydrogen-bond donors (Lipinski definition) is 0. The predicted octanol–water partition coefficient (Wildman–Crippen LogP) is 5.69. The number of pyridine rings is 1. The van der Waals surface area contributed by atoms with Gasteiger partial charge in [-0.05, 0) is 49.3 Å². The summed E-state index contributed by atoms with van der Waals surface area (Å²) in [7, 11) is 0. The minimum absolute atomic E-state index is 0.613. The van der Waals surface area contributed by atoms with Crippen molar-refractivity contribution in [3.8, 4) is 0 Å². The lowest BCUT2D eigenvalue weighted by Gasteiger charge is -2.19. The standard InChI is InChI=1S/C18H27N/c1-6-9-18-16(8-3)17(12-13-19-18)15(7-2)11-10-14(4)5/h6,8-9,12-15H,3,7,10-11H2,1-2,4-5H3/b9-6-. The molecule has 0 radical (unpaired) electrons. The van der Waals surface area contributed by atoms with Crippen LogP contribution in [0.25, 0.3) is 12.2 Å².